The van der Waals surface area contributed by atoms with E-state index in [9.17, 15) is 10.1 Å². The van der Waals surface area contributed by atoms with Crippen LogP contribution in [0.4, 0.5) is 11.5 Å². The Morgan fingerprint density at radius 3 is 2.50 bits per heavy atom. The Kier molecular flexibility index (Phi) is 4.02. The van der Waals surface area contributed by atoms with Crippen molar-refractivity contribution in [1.82, 2.24) is 9.78 Å². The summed E-state index contributed by atoms with van der Waals surface area (Å²) in [4.78, 5) is 10.8. The molecule has 0 amide bonds. The van der Waals surface area contributed by atoms with Crippen molar-refractivity contribution in [3.8, 4) is 0 Å². The predicted molar refractivity (Wildman–Crippen MR) is 77.8 cm³/mol. The molecule has 20 heavy (non-hydrogen) atoms. The van der Waals surface area contributed by atoms with Crippen LogP contribution >= 0.6 is 0 Å². The summed E-state index contributed by atoms with van der Waals surface area (Å²) in [5.74, 6) is 0.468. The van der Waals surface area contributed by atoms with E-state index in [4.69, 9.17) is 0 Å². The SMILES string of the molecule is CCn1nc(C)c([N+](=O)[O-])c1NCc1ccc(C)cc1. The molecule has 6 nitrogen and oxygen atoms in total. The van der Waals surface area contributed by atoms with Gasteiger partial charge in [-0.3, -0.25) is 10.1 Å². The van der Waals surface area contributed by atoms with Crippen molar-refractivity contribution in [1.29, 1.82) is 0 Å². The summed E-state index contributed by atoms with van der Waals surface area (Å²) in [5.41, 5.74) is 2.75. The van der Waals surface area contributed by atoms with E-state index in [0.29, 0.717) is 24.6 Å². The van der Waals surface area contributed by atoms with Crippen molar-refractivity contribution in [2.24, 2.45) is 0 Å². The maximum Gasteiger partial charge on any atom is 0.333 e. The summed E-state index contributed by atoms with van der Waals surface area (Å²) in [6.45, 7) is 6.71. The van der Waals surface area contributed by atoms with Crippen LogP contribution in [0.2, 0.25) is 0 Å². The maximum atomic E-state index is 11.1. The van der Waals surface area contributed by atoms with E-state index in [2.05, 4.69) is 10.4 Å². The number of nitrogens with zero attached hydrogens (tertiary/aromatic N) is 3. The van der Waals surface area contributed by atoms with Crippen LogP contribution in [-0.2, 0) is 13.1 Å². The fourth-order valence-electron chi connectivity index (χ4n) is 2.09. The number of aromatic nitrogens is 2. The predicted octanol–water partition coefficient (Wildman–Crippen LogP) is 3.04. The molecule has 0 fully saturated rings. The Morgan fingerprint density at radius 2 is 1.95 bits per heavy atom. The van der Waals surface area contributed by atoms with Crippen LogP contribution in [0.3, 0.4) is 0 Å². The van der Waals surface area contributed by atoms with E-state index in [1.54, 1.807) is 11.6 Å². The zero-order valence-electron chi connectivity index (χ0n) is 11.9. The van der Waals surface area contributed by atoms with E-state index in [1.165, 1.54) is 5.56 Å². The zero-order valence-corrected chi connectivity index (χ0v) is 11.9. The second-order valence-corrected chi connectivity index (χ2v) is 4.69. The molecule has 0 aliphatic heterocycles. The highest BCUT2D eigenvalue weighted by Crippen LogP contribution is 2.28. The van der Waals surface area contributed by atoms with Gasteiger partial charge < -0.3 is 5.32 Å². The average molecular weight is 274 g/mol. The Bertz CT molecular complexity index is 617. The van der Waals surface area contributed by atoms with Crippen molar-refractivity contribution >= 4 is 11.5 Å². The topological polar surface area (TPSA) is 73.0 Å². The summed E-state index contributed by atoms with van der Waals surface area (Å²) in [6, 6.07) is 8.06. The summed E-state index contributed by atoms with van der Waals surface area (Å²) in [6.07, 6.45) is 0. The number of hydrogen-bond donors (Lipinski definition) is 1. The normalized spacial score (nSPS) is 10.6. The van der Waals surface area contributed by atoms with Crippen molar-refractivity contribution < 1.29 is 4.92 Å². The molecule has 6 heteroatoms. The van der Waals surface area contributed by atoms with Gasteiger partial charge >= 0.3 is 5.69 Å². The molecule has 0 saturated carbocycles. The minimum atomic E-state index is -0.383. The molecule has 0 atom stereocenters. The van der Waals surface area contributed by atoms with Crippen LogP contribution in [-0.4, -0.2) is 14.7 Å². The van der Waals surface area contributed by atoms with E-state index in [1.807, 2.05) is 38.1 Å². The Labute approximate surface area is 117 Å². The molecule has 1 aromatic heterocycles. The quantitative estimate of drug-likeness (QED) is 0.671. The second-order valence-electron chi connectivity index (χ2n) is 4.69. The van der Waals surface area contributed by atoms with E-state index in [-0.39, 0.29) is 10.6 Å². The van der Waals surface area contributed by atoms with Crippen LogP contribution in [0.5, 0.6) is 0 Å². The van der Waals surface area contributed by atoms with Gasteiger partial charge in [-0.25, -0.2) is 4.68 Å². The molecule has 0 bridgehead atoms. The standard InChI is InChI=1S/C14H18N4O2/c1-4-17-14(13(18(19)20)11(3)16-17)15-9-12-7-5-10(2)6-8-12/h5-8,15H,4,9H2,1-3H3. The number of aryl methyl sites for hydroxylation is 3. The smallest absolute Gasteiger partial charge is 0.333 e. The number of anilines is 1. The summed E-state index contributed by atoms with van der Waals surface area (Å²) >= 11 is 0. The minimum absolute atomic E-state index is 0.0546. The second kappa shape index (κ2) is 5.73. The summed E-state index contributed by atoms with van der Waals surface area (Å²) < 4.78 is 1.63. The fourth-order valence-corrected chi connectivity index (χ4v) is 2.09. The Hall–Kier alpha value is -2.37. The van der Waals surface area contributed by atoms with Crippen molar-refractivity contribution in [3.63, 3.8) is 0 Å². The molecule has 2 rings (SSSR count). The molecule has 0 spiro atoms. The minimum Gasteiger partial charge on any atom is -0.360 e. The van der Waals surface area contributed by atoms with Gasteiger partial charge in [0.05, 0.1) is 4.92 Å². The van der Waals surface area contributed by atoms with Crippen LogP contribution in [0, 0.1) is 24.0 Å². The van der Waals surface area contributed by atoms with Gasteiger partial charge in [0, 0.05) is 13.1 Å². The van der Waals surface area contributed by atoms with Crippen LogP contribution < -0.4 is 5.32 Å². The zero-order chi connectivity index (χ0) is 14.7. The first kappa shape index (κ1) is 14.0. The van der Waals surface area contributed by atoms with Crippen molar-refractivity contribution in [2.45, 2.75) is 33.9 Å². The largest absolute Gasteiger partial charge is 0.360 e. The molecule has 1 heterocycles. The third kappa shape index (κ3) is 2.79. The van der Waals surface area contributed by atoms with Gasteiger partial charge in [0.25, 0.3) is 0 Å². The van der Waals surface area contributed by atoms with Gasteiger partial charge in [0.1, 0.15) is 5.69 Å². The van der Waals surface area contributed by atoms with Crippen molar-refractivity contribution in [2.75, 3.05) is 5.32 Å². The number of benzene rings is 1. The highest BCUT2D eigenvalue weighted by molar-refractivity contribution is 5.59. The van der Waals surface area contributed by atoms with Crippen LogP contribution in [0.1, 0.15) is 23.7 Å². The highest BCUT2D eigenvalue weighted by atomic mass is 16.6. The number of nitrogens with one attached hydrogen (secondary N) is 1. The Morgan fingerprint density at radius 1 is 1.30 bits per heavy atom. The lowest BCUT2D eigenvalue weighted by Gasteiger charge is -2.08. The van der Waals surface area contributed by atoms with Gasteiger partial charge in [-0.05, 0) is 26.3 Å². The third-order valence-electron chi connectivity index (χ3n) is 3.16. The average Bonchev–Trinajstić information content (AvgIpc) is 2.74. The molecule has 0 aliphatic carbocycles. The fraction of sp³-hybridized carbons (Fsp3) is 0.357. The molecule has 2 aromatic rings. The Balaban J connectivity index is 2.24. The van der Waals surface area contributed by atoms with E-state index in [0.717, 1.165) is 5.56 Å². The van der Waals surface area contributed by atoms with Gasteiger partial charge in [0.15, 0.2) is 0 Å². The van der Waals surface area contributed by atoms with Gasteiger partial charge in [-0.2, -0.15) is 5.10 Å². The lowest BCUT2D eigenvalue weighted by molar-refractivity contribution is -0.384. The van der Waals surface area contributed by atoms with Gasteiger partial charge in [-0.1, -0.05) is 29.8 Å². The third-order valence-corrected chi connectivity index (χ3v) is 3.16. The molecule has 1 N–H and O–H groups in total. The molecule has 1 aromatic carbocycles. The molecule has 0 saturated heterocycles. The van der Waals surface area contributed by atoms with Crippen LogP contribution in [0.25, 0.3) is 0 Å². The number of hydrogen-bond acceptors (Lipinski definition) is 4. The first-order chi connectivity index (χ1) is 9.52. The first-order valence-corrected chi connectivity index (χ1v) is 6.54. The first-order valence-electron chi connectivity index (χ1n) is 6.54. The highest BCUT2D eigenvalue weighted by Gasteiger charge is 2.24. The van der Waals surface area contributed by atoms with Gasteiger partial charge in [-0.15, -0.1) is 0 Å². The lowest BCUT2D eigenvalue weighted by atomic mass is 10.1. The van der Waals surface area contributed by atoms with E-state index >= 15 is 0 Å². The lowest BCUT2D eigenvalue weighted by Crippen LogP contribution is -2.08. The van der Waals surface area contributed by atoms with E-state index < -0.39 is 0 Å². The number of nitro groups is 1. The molecule has 106 valence electrons. The maximum absolute atomic E-state index is 11.1. The number of rotatable bonds is 5. The van der Waals surface area contributed by atoms with Crippen LogP contribution in [0.15, 0.2) is 24.3 Å². The molecular weight excluding hydrogens is 256 g/mol. The monoisotopic (exact) mass is 274 g/mol. The molecule has 0 radical (unpaired) electrons. The molecular formula is C14H18N4O2. The van der Waals surface area contributed by atoms with Crippen molar-refractivity contribution in [3.05, 3.63) is 51.2 Å². The summed E-state index contributed by atoms with van der Waals surface area (Å²) in [5, 5.41) is 18.5. The van der Waals surface area contributed by atoms with Gasteiger partial charge in [0.2, 0.25) is 5.82 Å². The molecule has 0 aliphatic rings. The summed E-state index contributed by atoms with van der Waals surface area (Å²) in [7, 11) is 0. The molecule has 0 unspecified atom stereocenters.